The molecular weight excluding hydrogens is 558 g/mol. The van der Waals surface area contributed by atoms with Crippen molar-refractivity contribution in [2.75, 3.05) is 6.61 Å². The fourth-order valence-electron chi connectivity index (χ4n) is 12.4. The maximum Gasteiger partial charge on any atom is 0.228 e. The zero-order valence-electron chi connectivity index (χ0n) is 28.1. The molecule has 1 saturated heterocycles. The van der Waals surface area contributed by atoms with E-state index in [1.54, 1.807) is 0 Å². The molecule has 6 N–H and O–H groups in total. The maximum atomic E-state index is 14.5. The van der Waals surface area contributed by atoms with Crippen molar-refractivity contribution in [2.24, 2.45) is 56.7 Å². The molecular formula is C36H59NO7. The van der Waals surface area contributed by atoms with Crippen LogP contribution in [0.25, 0.3) is 0 Å². The predicted octanol–water partition coefficient (Wildman–Crippen LogP) is 3.92. The third-order valence-electron chi connectivity index (χ3n) is 15.6. The summed E-state index contributed by atoms with van der Waals surface area (Å²) in [4.78, 5) is 14.5. The molecule has 0 spiro atoms. The minimum Gasteiger partial charge on any atom is -0.394 e. The molecule has 8 nitrogen and oxygen atoms in total. The number of nitrogens with one attached hydrogen (secondary N) is 1. The molecule has 0 aromatic heterocycles. The summed E-state index contributed by atoms with van der Waals surface area (Å²) < 4.78 is 5.74. The second kappa shape index (κ2) is 10.7. The van der Waals surface area contributed by atoms with E-state index in [1.165, 1.54) is 5.57 Å². The van der Waals surface area contributed by atoms with Crippen molar-refractivity contribution < 1.29 is 35.1 Å². The van der Waals surface area contributed by atoms with E-state index in [1.807, 2.05) is 0 Å². The maximum absolute atomic E-state index is 14.5. The summed E-state index contributed by atoms with van der Waals surface area (Å²) in [6, 6.07) is 0. The molecule has 0 aromatic rings. The van der Waals surface area contributed by atoms with Crippen molar-refractivity contribution in [3.05, 3.63) is 11.6 Å². The molecule has 1 aliphatic heterocycles. The topological polar surface area (TPSA) is 139 Å². The number of allylic oxidation sites excluding steroid dienone is 2. The third-order valence-corrected chi connectivity index (χ3v) is 15.6. The van der Waals surface area contributed by atoms with Crippen LogP contribution >= 0.6 is 0 Å². The molecule has 6 aliphatic rings. The molecule has 0 aromatic carbocycles. The Morgan fingerprint density at radius 3 is 2.27 bits per heavy atom. The van der Waals surface area contributed by atoms with E-state index in [4.69, 9.17) is 4.74 Å². The highest BCUT2D eigenvalue weighted by atomic mass is 16.6. The molecule has 8 heteroatoms. The van der Waals surface area contributed by atoms with Crippen LogP contribution in [0.15, 0.2) is 11.6 Å². The fourth-order valence-corrected chi connectivity index (χ4v) is 12.4. The number of carbonyl (C=O) groups is 1. The standard InChI is InChI=1S/C36H59NO7/c1-19-10-15-36(31(43)37-30-29(42)28(41)27(40)22(18-38)44-30)17-16-34(6)21(26(36)20(19)2)8-9-24-33(5)13-12-25(39)32(3,4)23(33)11-14-35(24,34)7/h8,19-20,22-30,38-42H,9-18H2,1-7H3,(H,37,43)/t19-,20+,22+,23?,24-,25+,26+,27+,28-,29-,30+,33+,34-,35-,36+/m1/s1. The molecule has 0 radical (unpaired) electrons. The zero-order valence-corrected chi connectivity index (χ0v) is 28.1. The SMILES string of the molecule is C[C@H]1[C@H](C)CC[C@]2(C(=O)N[C@H]3O[C@@H](CO)[C@H](O)[C@@H](O)[C@H]3O)CC[C@]3(C)C(=CC[C@@H]4[C@@]5(C)CC[C@H](O)C(C)(C)C5CC[C@]43C)[C@H]12. The Labute approximate surface area is 264 Å². The van der Waals surface area contributed by atoms with Crippen LogP contribution < -0.4 is 5.32 Å². The summed E-state index contributed by atoms with van der Waals surface area (Å²) in [5.74, 6) is 1.67. The van der Waals surface area contributed by atoms with Crippen LogP contribution in [0.4, 0.5) is 0 Å². The smallest absolute Gasteiger partial charge is 0.228 e. The van der Waals surface area contributed by atoms with Gasteiger partial charge in [0, 0.05) is 0 Å². The summed E-state index contributed by atoms with van der Waals surface area (Å²) in [6.45, 7) is 16.2. The van der Waals surface area contributed by atoms with E-state index in [0.29, 0.717) is 23.7 Å². The van der Waals surface area contributed by atoms with E-state index in [2.05, 4.69) is 59.9 Å². The van der Waals surface area contributed by atoms with Gasteiger partial charge in [-0.1, -0.05) is 60.1 Å². The van der Waals surface area contributed by atoms with Crippen LogP contribution in [0.1, 0.15) is 106 Å². The average Bonchev–Trinajstić information content (AvgIpc) is 2.97. The van der Waals surface area contributed by atoms with Gasteiger partial charge in [0.05, 0.1) is 18.1 Å². The van der Waals surface area contributed by atoms with E-state index >= 15 is 0 Å². The summed E-state index contributed by atoms with van der Waals surface area (Å²) in [7, 11) is 0. The minimum atomic E-state index is -1.53. The van der Waals surface area contributed by atoms with E-state index in [0.717, 1.165) is 57.8 Å². The van der Waals surface area contributed by atoms with Gasteiger partial charge in [0.15, 0.2) is 6.23 Å². The molecule has 44 heavy (non-hydrogen) atoms. The van der Waals surface area contributed by atoms with Gasteiger partial charge in [-0.25, -0.2) is 0 Å². The van der Waals surface area contributed by atoms with Gasteiger partial charge in [0.2, 0.25) is 5.91 Å². The summed E-state index contributed by atoms with van der Waals surface area (Å²) in [6.07, 6.45) is 4.06. The Morgan fingerprint density at radius 2 is 1.59 bits per heavy atom. The minimum absolute atomic E-state index is 0.0486. The molecule has 6 rings (SSSR count). The monoisotopic (exact) mass is 617 g/mol. The predicted molar refractivity (Wildman–Crippen MR) is 167 cm³/mol. The first kappa shape index (κ1) is 32.9. The first-order valence-corrected chi connectivity index (χ1v) is 17.5. The molecule has 1 unspecified atom stereocenters. The molecule has 250 valence electrons. The summed E-state index contributed by atoms with van der Waals surface area (Å²) >= 11 is 0. The number of aliphatic hydroxyl groups is 5. The quantitative estimate of drug-likeness (QED) is 0.264. The Balaban J connectivity index is 1.36. The molecule has 1 amide bonds. The van der Waals surface area contributed by atoms with Crippen LogP contribution in [-0.2, 0) is 9.53 Å². The molecule has 5 aliphatic carbocycles. The number of fused-ring (bicyclic) bond motifs is 7. The normalized spacial score (nSPS) is 55.0. The Bertz CT molecular complexity index is 1170. The Hall–Kier alpha value is -1.03. The Morgan fingerprint density at radius 1 is 0.886 bits per heavy atom. The lowest BCUT2D eigenvalue weighted by atomic mass is 9.33. The van der Waals surface area contributed by atoms with E-state index < -0.39 is 42.7 Å². The molecule has 0 bridgehead atoms. The number of hydrogen-bond donors (Lipinski definition) is 6. The van der Waals surface area contributed by atoms with Gasteiger partial charge in [-0.15, -0.1) is 0 Å². The van der Waals surface area contributed by atoms with Crippen LogP contribution in [0.2, 0.25) is 0 Å². The molecule has 15 atom stereocenters. The highest BCUT2D eigenvalue weighted by Crippen LogP contribution is 2.75. The van der Waals surface area contributed by atoms with Crippen molar-refractivity contribution in [3.63, 3.8) is 0 Å². The van der Waals surface area contributed by atoms with Gasteiger partial charge in [-0.2, -0.15) is 0 Å². The van der Waals surface area contributed by atoms with Gasteiger partial charge < -0.3 is 35.6 Å². The van der Waals surface area contributed by atoms with Crippen molar-refractivity contribution in [3.8, 4) is 0 Å². The lowest BCUT2D eigenvalue weighted by Gasteiger charge is -2.71. The average molecular weight is 618 g/mol. The van der Waals surface area contributed by atoms with Gasteiger partial charge in [0.1, 0.15) is 24.4 Å². The fraction of sp³-hybridized carbons (Fsp3) is 0.917. The van der Waals surface area contributed by atoms with Crippen molar-refractivity contribution in [2.45, 2.75) is 143 Å². The molecule has 1 heterocycles. The number of aliphatic hydroxyl groups excluding tert-OH is 5. The Kier molecular flexibility index (Phi) is 8.03. The first-order chi connectivity index (χ1) is 20.5. The van der Waals surface area contributed by atoms with Gasteiger partial charge in [-0.05, 0) is 109 Å². The largest absolute Gasteiger partial charge is 0.394 e. The number of amides is 1. The number of hydrogen-bond acceptors (Lipinski definition) is 7. The van der Waals surface area contributed by atoms with Crippen LogP contribution in [0.3, 0.4) is 0 Å². The second-order valence-corrected chi connectivity index (χ2v) is 17.4. The van der Waals surface area contributed by atoms with E-state index in [-0.39, 0.29) is 39.6 Å². The highest BCUT2D eigenvalue weighted by molar-refractivity contribution is 5.84. The van der Waals surface area contributed by atoms with Crippen molar-refractivity contribution in [1.82, 2.24) is 5.32 Å². The first-order valence-electron chi connectivity index (χ1n) is 17.5. The van der Waals surface area contributed by atoms with Crippen molar-refractivity contribution >= 4 is 5.91 Å². The van der Waals surface area contributed by atoms with Crippen molar-refractivity contribution in [1.29, 1.82) is 0 Å². The molecule has 5 fully saturated rings. The highest BCUT2D eigenvalue weighted by Gasteiger charge is 2.69. The van der Waals surface area contributed by atoms with Gasteiger partial charge >= 0.3 is 0 Å². The van der Waals surface area contributed by atoms with Crippen LogP contribution in [0.5, 0.6) is 0 Å². The zero-order chi connectivity index (χ0) is 32.2. The van der Waals surface area contributed by atoms with Crippen LogP contribution in [-0.4, -0.2) is 74.8 Å². The summed E-state index contributed by atoms with van der Waals surface area (Å²) in [5.41, 5.74) is 0.881. The second-order valence-electron chi connectivity index (χ2n) is 17.4. The van der Waals surface area contributed by atoms with Crippen LogP contribution in [0, 0.1) is 56.7 Å². The number of ether oxygens (including phenoxy) is 1. The van der Waals surface area contributed by atoms with E-state index in [9.17, 15) is 30.3 Å². The summed E-state index contributed by atoms with van der Waals surface area (Å²) in [5, 5.41) is 55.2. The third kappa shape index (κ3) is 4.26. The van der Waals surface area contributed by atoms with Gasteiger partial charge in [-0.3, -0.25) is 4.79 Å². The lowest BCUT2D eigenvalue weighted by Crippen LogP contribution is -2.68. The lowest BCUT2D eigenvalue weighted by molar-refractivity contribution is -0.238. The molecule has 4 saturated carbocycles. The van der Waals surface area contributed by atoms with Gasteiger partial charge in [0.25, 0.3) is 0 Å². The number of carbonyl (C=O) groups excluding carboxylic acids is 1. The number of rotatable bonds is 3.